The van der Waals surface area contributed by atoms with Crippen LogP contribution < -0.4 is 176 Å². The molecule has 1 unspecified atom stereocenters. The first kappa shape index (κ1) is 34.5. The van der Waals surface area contributed by atoms with Gasteiger partial charge in [0.2, 0.25) is 0 Å². The van der Waals surface area contributed by atoms with Crippen molar-refractivity contribution in [1.82, 2.24) is 0 Å². The van der Waals surface area contributed by atoms with Crippen molar-refractivity contribution >= 4 is 28.2 Å². The molecule has 8 heteroatoms. The average Bonchev–Trinajstić information content (AvgIpc) is 2.58. The third-order valence-electron chi connectivity index (χ3n) is 2.69. The van der Waals surface area contributed by atoms with E-state index in [1.807, 2.05) is 0 Å². The van der Waals surface area contributed by atoms with Crippen LogP contribution in [-0.4, -0.2) is 6.16 Å². The van der Waals surface area contributed by atoms with Crippen molar-refractivity contribution in [3.63, 3.8) is 0 Å². The van der Waals surface area contributed by atoms with Gasteiger partial charge in [0.1, 0.15) is 0 Å². The summed E-state index contributed by atoms with van der Waals surface area (Å²) in [6.45, 7) is 0. The van der Waals surface area contributed by atoms with Gasteiger partial charge in [-0.3, -0.25) is 0 Å². The molecule has 0 heterocycles. The molecule has 0 radical (unpaired) electrons. The second-order valence-electron chi connectivity index (χ2n) is 4.27. The third kappa shape index (κ3) is 13.8. The standard InChI is InChI=1S/3C6H5.CH2O3.3K.H3P.Pd/c3*1-2-4-6-5-3-1;2-1(3)4;;;;;/h3*1-5H;(H2,2,3,4);;;;1H3;/q;;;;3*+1;;-1/p-2. The number of carbonyl (C=O) groups is 1. The second-order valence-corrected chi connectivity index (χ2v) is 8.13. The van der Waals surface area contributed by atoms with E-state index in [9.17, 15) is 0 Å². The predicted molar refractivity (Wildman–Crippen MR) is 94.7 cm³/mol. The van der Waals surface area contributed by atoms with Crippen molar-refractivity contribution < 1.29 is 186 Å². The van der Waals surface area contributed by atoms with Gasteiger partial charge in [-0.15, -0.1) is 0 Å². The summed E-state index contributed by atoms with van der Waals surface area (Å²) in [5.41, 5.74) is 0. The summed E-state index contributed by atoms with van der Waals surface area (Å²) in [5, 5.41) is 16.7. The molecule has 0 N–H and O–H groups in total. The number of carbonyl (C=O) groups excluding carboxylic acids is 1. The summed E-state index contributed by atoms with van der Waals surface area (Å²) in [5.74, 6) is 0. The van der Waals surface area contributed by atoms with Crippen LogP contribution in [0.5, 0.6) is 0 Å². The zero-order valence-corrected chi connectivity index (χ0v) is 28.2. The Bertz CT molecular complexity index is 637. The Labute approximate surface area is 297 Å². The molecule has 3 nitrogen and oxygen atoms in total. The van der Waals surface area contributed by atoms with E-state index in [2.05, 4.69) is 91.0 Å². The number of hydrogen-bond donors (Lipinski definition) is 0. The van der Waals surface area contributed by atoms with Gasteiger partial charge in [0.15, 0.2) is 0 Å². The zero-order valence-electron chi connectivity index (χ0n) is 15.9. The van der Waals surface area contributed by atoms with Gasteiger partial charge in [0.05, 0.1) is 0 Å². The Balaban J connectivity index is -0.000000661. The van der Waals surface area contributed by atoms with E-state index in [1.54, 1.807) is 0 Å². The summed E-state index contributed by atoms with van der Waals surface area (Å²) < 4.78 is 4.35. The van der Waals surface area contributed by atoms with E-state index in [0.717, 1.165) is 0 Å². The molecule has 0 bridgehead atoms. The minimum atomic E-state index is -2.33. The van der Waals surface area contributed by atoms with Gasteiger partial charge in [-0.2, -0.15) is 9.90 Å². The maximum absolute atomic E-state index is 8.33. The summed E-state index contributed by atoms with van der Waals surface area (Å²) in [6.07, 6.45) is -2.33. The molecule has 3 aromatic rings. The van der Waals surface area contributed by atoms with Gasteiger partial charge >= 0.3 is 274 Å². The van der Waals surface area contributed by atoms with Crippen molar-refractivity contribution in [3.05, 3.63) is 91.0 Å². The van der Waals surface area contributed by atoms with E-state index in [-0.39, 0.29) is 164 Å². The van der Waals surface area contributed by atoms with Gasteiger partial charge in [-0.25, -0.2) is 0 Å². The molecule has 0 aromatic heterocycles. The van der Waals surface area contributed by atoms with Gasteiger partial charge < -0.3 is 15.0 Å². The molecule has 0 fully saturated rings. The van der Waals surface area contributed by atoms with Crippen molar-refractivity contribution in [2.24, 2.45) is 0 Å². The first-order valence-corrected chi connectivity index (χ1v) is 9.15. The number of benzene rings is 3. The summed E-state index contributed by atoms with van der Waals surface area (Å²) in [6, 6.07) is 32.6. The van der Waals surface area contributed by atoms with Crippen LogP contribution in [0, 0.1) is 0 Å². The van der Waals surface area contributed by atoms with E-state index in [0.29, 0.717) is 0 Å². The fourth-order valence-corrected chi connectivity index (χ4v) is 5.85. The first-order valence-electron chi connectivity index (χ1n) is 6.82. The maximum atomic E-state index is 8.33. The SMILES string of the molecule is O=C([O-])[O-].P.[K+].[K+].[K+].c1cc[c]([Pd-]([c]2ccccc2)[c]2ccccc2)cc1. The van der Waals surface area contributed by atoms with E-state index < -0.39 is 22.9 Å². The summed E-state index contributed by atoms with van der Waals surface area (Å²) in [4.78, 5) is 8.33. The van der Waals surface area contributed by atoms with Crippen LogP contribution in [0.2, 0.25) is 0 Å². The Morgan fingerprint density at radius 1 is 0.556 bits per heavy atom. The Kier molecular flexibility index (Phi) is 26.6. The average molecular weight is 549 g/mol. The van der Waals surface area contributed by atoms with Crippen LogP contribution in [0.1, 0.15) is 0 Å². The molecule has 1 atom stereocenters. The van der Waals surface area contributed by atoms with Crippen molar-refractivity contribution in [3.8, 4) is 0 Å². The van der Waals surface area contributed by atoms with Crippen LogP contribution in [0.15, 0.2) is 91.0 Å². The van der Waals surface area contributed by atoms with Gasteiger partial charge in [-0.05, 0) is 6.16 Å². The van der Waals surface area contributed by atoms with Crippen molar-refractivity contribution in [2.45, 2.75) is 0 Å². The third-order valence-corrected chi connectivity index (χ3v) is 6.93. The molecule has 3 rings (SSSR count). The number of carboxylic acid groups (broad SMARTS) is 2. The molecule has 0 aliphatic rings. The van der Waals surface area contributed by atoms with E-state index in [4.69, 9.17) is 15.0 Å². The Morgan fingerprint density at radius 2 is 0.741 bits per heavy atom. The molecule has 0 spiro atoms. The van der Waals surface area contributed by atoms with E-state index >= 15 is 0 Å². The molecule has 0 saturated heterocycles. The minimum absolute atomic E-state index is 0. The number of hydrogen-bond acceptors (Lipinski definition) is 3. The Hall–Kier alpha value is 2.93. The van der Waals surface area contributed by atoms with Crippen molar-refractivity contribution in [2.75, 3.05) is 0 Å². The molecule has 27 heavy (non-hydrogen) atoms. The zero-order chi connectivity index (χ0) is 16.5. The van der Waals surface area contributed by atoms with Crippen molar-refractivity contribution in [1.29, 1.82) is 0 Å². The first-order chi connectivity index (χ1) is 11.2. The van der Waals surface area contributed by atoms with Crippen LogP contribution in [0.3, 0.4) is 0 Å². The molecular weight excluding hydrogens is 531 g/mol. The summed E-state index contributed by atoms with van der Waals surface area (Å²) >= 11 is -1.05. The van der Waals surface area contributed by atoms with Gasteiger partial charge in [0, 0.05) is 0 Å². The molecule has 3 aromatic carbocycles. The fourth-order valence-electron chi connectivity index (χ4n) is 1.84. The molecule has 130 valence electrons. The monoisotopic (exact) mass is 548 g/mol. The van der Waals surface area contributed by atoms with Crippen LogP contribution in [0.4, 0.5) is 4.79 Å². The molecule has 0 aliphatic heterocycles. The molecule has 0 aliphatic carbocycles. The van der Waals surface area contributed by atoms with Crippen LogP contribution >= 0.6 is 9.90 Å². The Morgan fingerprint density at radius 3 is 0.926 bits per heavy atom. The van der Waals surface area contributed by atoms with Gasteiger partial charge in [0.25, 0.3) is 0 Å². The second kappa shape index (κ2) is 20.8. The molecular formula is C19H18K3O3PPd. The molecule has 0 amide bonds. The number of rotatable bonds is 3. The van der Waals surface area contributed by atoms with Gasteiger partial charge in [-0.1, -0.05) is 0 Å². The van der Waals surface area contributed by atoms with E-state index in [1.165, 1.54) is 12.1 Å². The topological polar surface area (TPSA) is 63.2 Å². The predicted octanol–water partition coefficient (Wildman–Crippen LogP) is -8.80. The quantitative estimate of drug-likeness (QED) is 0.241. The fraction of sp³-hybridized carbons (Fsp3) is 0. The van der Waals surface area contributed by atoms with Crippen LogP contribution in [0.25, 0.3) is 0 Å². The summed E-state index contributed by atoms with van der Waals surface area (Å²) in [7, 11) is 0. The molecule has 0 saturated carbocycles. The normalized spacial score (nSPS) is 8.67. The van der Waals surface area contributed by atoms with Crippen LogP contribution in [-0.2, 0) is 16.8 Å².